The van der Waals surface area contributed by atoms with Gasteiger partial charge in [-0.25, -0.2) is 0 Å². The average molecular weight is 271 g/mol. The van der Waals surface area contributed by atoms with Crippen LogP contribution in [0.15, 0.2) is 53.5 Å². The number of hydrogen-bond donors (Lipinski definition) is 0. The first kappa shape index (κ1) is 14.1. The minimum absolute atomic E-state index is 0.0282. The van der Waals surface area contributed by atoms with Gasteiger partial charge in [-0.2, -0.15) is 0 Å². The third-order valence-electron chi connectivity index (χ3n) is 3.29. The summed E-state index contributed by atoms with van der Waals surface area (Å²) in [6, 6.07) is 12.7. The first-order chi connectivity index (χ1) is 9.61. The van der Waals surface area contributed by atoms with Gasteiger partial charge < -0.3 is 9.30 Å². The molecule has 0 aliphatic heterocycles. The van der Waals surface area contributed by atoms with Crippen LogP contribution in [0.3, 0.4) is 0 Å². The standard InChI is InChI=1S/C16H17NO3/c1-12(16(19)20-2)14-8-6-13(7-9-14)11-17-10-4-3-5-15(17)18/h3-10,12H,11H2,1-2H3. The SMILES string of the molecule is COC(=O)C(C)c1ccc(Cn2ccccc2=O)cc1. The maximum absolute atomic E-state index is 11.6. The highest BCUT2D eigenvalue weighted by molar-refractivity contribution is 5.77. The van der Waals surface area contributed by atoms with Crippen LogP contribution in [0.2, 0.25) is 0 Å². The molecule has 104 valence electrons. The molecule has 0 amide bonds. The van der Waals surface area contributed by atoms with Gasteiger partial charge in [0.15, 0.2) is 0 Å². The normalized spacial score (nSPS) is 11.9. The number of ether oxygens (including phenoxy) is 1. The summed E-state index contributed by atoms with van der Waals surface area (Å²) in [6.07, 6.45) is 1.76. The van der Waals surface area contributed by atoms with Crippen LogP contribution in [0.1, 0.15) is 24.0 Å². The van der Waals surface area contributed by atoms with E-state index in [1.165, 1.54) is 13.2 Å². The molecule has 1 atom stereocenters. The average Bonchev–Trinajstić information content (AvgIpc) is 2.49. The first-order valence-electron chi connectivity index (χ1n) is 6.44. The lowest BCUT2D eigenvalue weighted by Crippen LogP contribution is -2.18. The van der Waals surface area contributed by atoms with Crippen molar-refractivity contribution >= 4 is 5.97 Å². The van der Waals surface area contributed by atoms with Crippen LogP contribution >= 0.6 is 0 Å². The Kier molecular flexibility index (Phi) is 4.35. The number of aromatic nitrogens is 1. The molecule has 20 heavy (non-hydrogen) atoms. The lowest BCUT2D eigenvalue weighted by atomic mass is 10.00. The molecule has 2 aromatic rings. The molecule has 1 aromatic carbocycles. The van der Waals surface area contributed by atoms with Crippen LogP contribution in [-0.2, 0) is 16.1 Å². The maximum Gasteiger partial charge on any atom is 0.312 e. The van der Waals surface area contributed by atoms with Gasteiger partial charge in [0.1, 0.15) is 0 Å². The number of methoxy groups -OCH3 is 1. The number of rotatable bonds is 4. The van der Waals surface area contributed by atoms with E-state index in [9.17, 15) is 9.59 Å². The number of pyridine rings is 1. The van der Waals surface area contributed by atoms with Gasteiger partial charge in [0, 0.05) is 12.3 Å². The Hall–Kier alpha value is -2.36. The molecule has 0 fully saturated rings. The highest BCUT2D eigenvalue weighted by Gasteiger charge is 2.15. The second-order valence-corrected chi connectivity index (χ2v) is 4.65. The van der Waals surface area contributed by atoms with Gasteiger partial charge in [-0.3, -0.25) is 9.59 Å². The molecule has 0 saturated carbocycles. The van der Waals surface area contributed by atoms with Crippen molar-refractivity contribution in [1.29, 1.82) is 0 Å². The highest BCUT2D eigenvalue weighted by atomic mass is 16.5. The Morgan fingerprint density at radius 3 is 2.50 bits per heavy atom. The molecule has 0 N–H and O–H groups in total. The van der Waals surface area contributed by atoms with E-state index in [-0.39, 0.29) is 17.4 Å². The molecule has 0 aliphatic rings. The minimum atomic E-state index is -0.284. The van der Waals surface area contributed by atoms with Crippen molar-refractivity contribution in [3.05, 3.63) is 70.1 Å². The molecule has 2 rings (SSSR count). The van der Waals surface area contributed by atoms with Gasteiger partial charge in [-0.15, -0.1) is 0 Å². The Morgan fingerprint density at radius 1 is 1.20 bits per heavy atom. The van der Waals surface area contributed by atoms with E-state index in [0.717, 1.165) is 11.1 Å². The molecule has 4 nitrogen and oxygen atoms in total. The Bertz CT molecular complexity index is 643. The molecule has 0 aliphatic carbocycles. The highest BCUT2D eigenvalue weighted by Crippen LogP contribution is 2.17. The number of carbonyl (C=O) groups excluding carboxylic acids is 1. The minimum Gasteiger partial charge on any atom is -0.469 e. The zero-order valence-corrected chi connectivity index (χ0v) is 11.6. The fraction of sp³-hybridized carbons (Fsp3) is 0.250. The number of hydrogen-bond acceptors (Lipinski definition) is 3. The van der Waals surface area contributed by atoms with E-state index in [4.69, 9.17) is 4.74 Å². The molecule has 0 radical (unpaired) electrons. The fourth-order valence-corrected chi connectivity index (χ4v) is 2.01. The summed E-state index contributed by atoms with van der Waals surface area (Å²) in [5.41, 5.74) is 1.89. The summed E-state index contributed by atoms with van der Waals surface area (Å²) in [5.74, 6) is -0.537. The zero-order chi connectivity index (χ0) is 14.5. The third kappa shape index (κ3) is 3.15. The molecule has 4 heteroatoms. The molecule has 0 bridgehead atoms. The second-order valence-electron chi connectivity index (χ2n) is 4.65. The second kappa shape index (κ2) is 6.19. The number of benzene rings is 1. The van der Waals surface area contributed by atoms with Crippen molar-refractivity contribution in [1.82, 2.24) is 4.57 Å². The summed E-state index contributed by atoms with van der Waals surface area (Å²) in [6.45, 7) is 2.33. The molecular weight excluding hydrogens is 254 g/mol. The zero-order valence-electron chi connectivity index (χ0n) is 11.6. The van der Waals surface area contributed by atoms with Gasteiger partial charge in [0.2, 0.25) is 0 Å². The van der Waals surface area contributed by atoms with Crippen molar-refractivity contribution in [2.75, 3.05) is 7.11 Å². The molecule has 0 spiro atoms. The molecule has 1 heterocycles. The Labute approximate surface area is 117 Å². The molecule has 0 saturated heterocycles. The Morgan fingerprint density at radius 2 is 1.90 bits per heavy atom. The van der Waals surface area contributed by atoms with E-state index >= 15 is 0 Å². The van der Waals surface area contributed by atoms with E-state index in [1.807, 2.05) is 37.3 Å². The predicted molar refractivity (Wildman–Crippen MR) is 76.7 cm³/mol. The Balaban J connectivity index is 2.15. The van der Waals surface area contributed by atoms with Crippen molar-refractivity contribution in [3.8, 4) is 0 Å². The monoisotopic (exact) mass is 271 g/mol. The molecule has 1 aromatic heterocycles. The van der Waals surface area contributed by atoms with E-state index < -0.39 is 0 Å². The maximum atomic E-state index is 11.6. The van der Waals surface area contributed by atoms with E-state index in [1.54, 1.807) is 16.8 Å². The van der Waals surface area contributed by atoms with Crippen molar-refractivity contribution in [2.24, 2.45) is 0 Å². The summed E-state index contributed by atoms with van der Waals surface area (Å²) in [4.78, 5) is 23.1. The van der Waals surface area contributed by atoms with Crippen LogP contribution in [0.4, 0.5) is 0 Å². The largest absolute Gasteiger partial charge is 0.469 e. The van der Waals surface area contributed by atoms with Crippen molar-refractivity contribution in [2.45, 2.75) is 19.4 Å². The number of esters is 1. The summed E-state index contributed by atoms with van der Waals surface area (Å²) in [5, 5.41) is 0. The fourth-order valence-electron chi connectivity index (χ4n) is 2.01. The van der Waals surface area contributed by atoms with Gasteiger partial charge in [0.25, 0.3) is 5.56 Å². The number of nitrogens with zero attached hydrogens (tertiary/aromatic N) is 1. The van der Waals surface area contributed by atoms with Crippen LogP contribution in [0, 0.1) is 0 Å². The molecule has 1 unspecified atom stereocenters. The predicted octanol–water partition coefficient (Wildman–Crippen LogP) is 2.17. The third-order valence-corrected chi connectivity index (χ3v) is 3.29. The van der Waals surface area contributed by atoms with Crippen LogP contribution in [0.5, 0.6) is 0 Å². The number of carbonyl (C=O) groups is 1. The van der Waals surface area contributed by atoms with E-state index in [2.05, 4.69) is 0 Å². The van der Waals surface area contributed by atoms with Gasteiger partial charge >= 0.3 is 5.97 Å². The summed E-state index contributed by atoms with van der Waals surface area (Å²) >= 11 is 0. The van der Waals surface area contributed by atoms with Crippen LogP contribution < -0.4 is 5.56 Å². The lowest BCUT2D eigenvalue weighted by molar-refractivity contribution is -0.141. The van der Waals surface area contributed by atoms with Gasteiger partial charge in [0.05, 0.1) is 19.6 Å². The first-order valence-corrected chi connectivity index (χ1v) is 6.44. The topological polar surface area (TPSA) is 48.3 Å². The smallest absolute Gasteiger partial charge is 0.312 e. The van der Waals surface area contributed by atoms with Crippen molar-refractivity contribution < 1.29 is 9.53 Å². The molecular formula is C16H17NO3. The van der Waals surface area contributed by atoms with Crippen LogP contribution in [-0.4, -0.2) is 17.6 Å². The summed E-state index contributed by atoms with van der Waals surface area (Å²) in [7, 11) is 1.38. The van der Waals surface area contributed by atoms with Crippen molar-refractivity contribution in [3.63, 3.8) is 0 Å². The summed E-state index contributed by atoms with van der Waals surface area (Å²) < 4.78 is 6.36. The quantitative estimate of drug-likeness (QED) is 0.801. The van der Waals surface area contributed by atoms with Crippen LogP contribution in [0.25, 0.3) is 0 Å². The van der Waals surface area contributed by atoms with Gasteiger partial charge in [-0.1, -0.05) is 30.3 Å². The lowest BCUT2D eigenvalue weighted by Gasteiger charge is -2.10. The van der Waals surface area contributed by atoms with Gasteiger partial charge in [-0.05, 0) is 24.1 Å². The van der Waals surface area contributed by atoms with E-state index in [0.29, 0.717) is 6.54 Å².